The standard InChI is InChI=1S/C22H26ClN3O2/c1-15(2)25-21(28)26-19-10-4-16(5-11-19)14-24-20(27)22(12-3-13-22)17-6-8-18(23)9-7-17/h4-11,15H,3,12-14H2,1-2H3,(H,24,27)(H2,25,26,28). The van der Waals surface area contributed by atoms with Gasteiger partial charge in [-0.2, -0.15) is 0 Å². The molecule has 0 saturated heterocycles. The Labute approximate surface area is 170 Å². The Balaban J connectivity index is 1.58. The van der Waals surface area contributed by atoms with Crippen LogP contribution in [0.3, 0.4) is 0 Å². The molecule has 2 aromatic carbocycles. The van der Waals surface area contributed by atoms with E-state index in [4.69, 9.17) is 11.6 Å². The molecule has 2 aromatic rings. The average Bonchev–Trinajstić information content (AvgIpc) is 2.61. The highest BCUT2D eigenvalue weighted by Gasteiger charge is 2.45. The van der Waals surface area contributed by atoms with Crippen molar-refractivity contribution in [2.45, 2.75) is 51.1 Å². The summed E-state index contributed by atoms with van der Waals surface area (Å²) in [5.74, 6) is 0.0552. The van der Waals surface area contributed by atoms with Crippen LogP contribution in [0, 0.1) is 0 Å². The molecule has 0 aliphatic heterocycles. The minimum absolute atomic E-state index is 0.0552. The van der Waals surface area contributed by atoms with Crippen molar-refractivity contribution in [1.29, 1.82) is 0 Å². The third kappa shape index (κ3) is 4.65. The lowest BCUT2D eigenvalue weighted by Crippen LogP contribution is -2.48. The molecule has 148 valence electrons. The number of hydrogen-bond acceptors (Lipinski definition) is 2. The van der Waals surface area contributed by atoms with E-state index < -0.39 is 5.41 Å². The van der Waals surface area contributed by atoms with Gasteiger partial charge in [-0.25, -0.2) is 4.79 Å². The molecular weight excluding hydrogens is 374 g/mol. The van der Waals surface area contributed by atoms with Crippen molar-refractivity contribution < 1.29 is 9.59 Å². The fourth-order valence-corrected chi connectivity index (χ4v) is 3.56. The van der Waals surface area contributed by atoms with Crippen molar-refractivity contribution >= 4 is 29.2 Å². The summed E-state index contributed by atoms with van der Waals surface area (Å²) in [6, 6.07) is 14.9. The molecule has 28 heavy (non-hydrogen) atoms. The number of nitrogens with one attached hydrogen (secondary N) is 3. The van der Waals surface area contributed by atoms with Gasteiger partial charge in [0.2, 0.25) is 5.91 Å². The summed E-state index contributed by atoms with van der Waals surface area (Å²) in [7, 11) is 0. The van der Waals surface area contributed by atoms with E-state index in [1.165, 1.54) is 0 Å². The molecule has 1 aliphatic carbocycles. The molecule has 0 radical (unpaired) electrons. The molecule has 6 heteroatoms. The van der Waals surface area contributed by atoms with Crippen molar-refractivity contribution in [3.05, 3.63) is 64.7 Å². The SMILES string of the molecule is CC(C)NC(=O)Nc1ccc(CNC(=O)C2(c3ccc(Cl)cc3)CCC2)cc1. The van der Waals surface area contributed by atoms with Crippen molar-refractivity contribution in [1.82, 2.24) is 10.6 Å². The summed E-state index contributed by atoms with van der Waals surface area (Å²) < 4.78 is 0. The van der Waals surface area contributed by atoms with Gasteiger partial charge in [0.15, 0.2) is 0 Å². The first-order valence-electron chi connectivity index (χ1n) is 9.60. The summed E-state index contributed by atoms with van der Waals surface area (Å²) in [5.41, 5.74) is 2.27. The van der Waals surface area contributed by atoms with Gasteiger partial charge in [0.25, 0.3) is 0 Å². The maximum absolute atomic E-state index is 12.9. The number of anilines is 1. The van der Waals surface area contributed by atoms with E-state index in [0.29, 0.717) is 17.3 Å². The van der Waals surface area contributed by atoms with Crippen molar-refractivity contribution in [3.8, 4) is 0 Å². The van der Waals surface area contributed by atoms with Crippen molar-refractivity contribution in [2.24, 2.45) is 0 Å². The number of amides is 3. The summed E-state index contributed by atoms with van der Waals surface area (Å²) in [5, 5.41) is 9.31. The molecular formula is C22H26ClN3O2. The summed E-state index contributed by atoms with van der Waals surface area (Å²) in [6.07, 6.45) is 2.76. The maximum Gasteiger partial charge on any atom is 0.319 e. The van der Waals surface area contributed by atoms with Crippen molar-refractivity contribution in [2.75, 3.05) is 5.32 Å². The monoisotopic (exact) mass is 399 g/mol. The van der Waals surface area contributed by atoms with Gasteiger partial charge in [0.05, 0.1) is 5.41 Å². The van der Waals surface area contributed by atoms with Gasteiger partial charge in [-0.15, -0.1) is 0 Å². The maximum atomic E-state index is 12.9. The van der Waals surface area contributed by atoms with Gasteiger partial charge in [-0.1, -0.05) is 42.3 Å². The van der Waals surface area contributed by atoms with Crippen LogP contribution < -0.4 is 16.0 Å². The van der Waals surface area contributed by atoms with Gasteiger partial charge in [0, 0.05) is 23.3 Å². The average molecular weight is 400 g/mol. The number of benzene rings is 2. The second-order valence-electron chi connectivity index (χ2n) is 7.58. The third-order valence-electron chi connectivity index (χ3n) is 5.12. The minimum atomic E-state index is -0.443. The fourth-order valence-electron chi connectivity index (χ4n) is 3.43. The number of rotatable bonds is 6. The molecule has 5 nitrogen and oxygen atoms in total. The van der Waals surface area contributed by atoms with Crippen LogP contribution in [0.15, 0.2) is 48.5 Å². The Morgan fingerprint density at radius 1 is 1.04 bits per heavy atom. The molecule has 1 saturated carbocycles. The number of urea groups is 1. The Morgan fingerprint density at radius 3 is 2.21 bits per heavy atom. The summed E-state index contributed by atoms with van der Waals surface area (Å²) in [4.78, 5) is 24.7. The second-order valence-corrected chi connectivity index (χ2v) is 8.01. The molecule has 1 fully saturated rings. The lowest BCUT2D eigenvalue weighted by Gasteiger charge is -2.40. The van der Waals surface area contributed by atoms with Gasteiger partial charge in [-0.05, 0) is 62.1 Å². The summed E-state index contributed by atoms with van der Waals surface area (Å²) in [6.45, 7) is 4.27. The zero-order valence-corrected chi connectivity index (χ0v) is 17.0. The Kier molecular flexibility index (Phi) is 6.25. The zero-order valence-electron chi connectivity index (χ0n) is 16.2. The fraction of sp³-hybridized carbons (Fsp3) is 0.364. The highest BCUT2D eigenvalue weighted by Crippen LogP contribution is 2.44. The second kappa shape index (κ2) is 8.65. The number of carbonyl (C=O) groups excluding carboxylic acids is 2. The van der Waals surface area contributed by atoms with E-state index in [-0.39, 0.29) is 18.0 Å². The molecule has 0 atom stereocenters. The quantitative estimate of drug-likeness (QED) is 0.663. The zero-order chi connectivity index (χ0) is 20.1. The van der Waals surface area contributed by atoms with Crippen LogP contribution in [-0.2, 0) is 16.8 Å². The number of halogens is 1. The molecule has 0 bridgehead atoms. The first-order chi connectivity index (χ1) is 13.4. The molecule has 0 heterocycles. The summed E-state index contributed by atoms with van der Waals surface area (Å²) >= 11 is 5.98. The molecule has 0 aromatic heterocycles. The number of carbonyl (C=O) groups is 2. The van der Waals surface area contributed by atoms with Crippen LogP contribution in [-0.4, -0.2) is 18.0 Å². The van der Waals surface area contributed by atoms with Crippen LogP contribution in [0.4, 0.5) is 10.5 Å². The van der Waals surface area contributed by atoms with Crippen LogP contribution >= 0.6 is 11.6 Å². The van der Waals surface area contributed by atoms with Crippen LogP contribution in [0.2, 0.25) is 5.02 Å². The molecule has 3 rings (SSSR count). The van der Waals surface area contributed by atoms with Crippen LogP contribution in [0.25, 0.3) is 0 Å². The molecule has 0 unspecified atom stereocenters. The largest absolute Gasteiger partial charge is 0.351 e. The Hall–Kier alpha value is -2.53. The van der Waals surface area contributed by atoms with E-state index in [0.717, 1.165) is 30.4 Å². The van der Waals surface area contributed by atoms with E-state index in [1.54, 1.807) is 0 Å². The van der Waals surface area contributed by atoms with Crippen LogP contribution in [0.5, 0.6) is 0 Å². The topological polar surface area (TPSA) is 70.2 Å². The van der Waals surface area contributed by atoms with Crippen LogP contribution in [0.1, 0.15) is 44.2 Å². The third-order valence-corrected chi connectivity index (χ3v) is 5.38. The highest BCUT2D eigenvalue weighted by molar-refractivity contribution is 6.30. The van der Waals surface area contributed by atoms with Gasteiger partial charge >= 0.3 is 6.03 Å². The molecule has 1 aliphatic rings. The molecule has 0 spiro atoms. The lowest BCUT2D eigenvalue weighted by atomic mass is 9.64. The molecule has 3 amide bonds. The number of hydrogen-bond donors (Lipinski definition) is 3. The van der Waals surface area contributed by atoms with E-state index in [2.05, 4.69) is 16.0 Å². The van der Waals surface area contributed by atoms with E-state index in [9.17, 15) is 9.59 Å². The first kappa shape index (κ1) is 20.2. The van der Waals surface area contributed by atoms with Crippen molar-refractivity contribution in [3.63, 3.8) is 0 Å². The smallest absolute Gasteiger partial charge is 0.319 e. The van der Waals surface area contributed by atoms with Gasteiger partial charge in [-0.3, -0.25) is 4.79 Å². The predicted octanol–water partition coefficient (Wildman–Crippen LogP) is 4.61. The normalized spacial score (nSPS) is 14.9. The molecule has 3 N–H and O–H groups in total. The van der Waals surface area contributed by atoms with E-state index >= 15 is 0 Å². The Morgan fingerprint density at radius 2 is 1.68 bits per heavy atom. The predicted molar refractivity (Wildman–Crippen MR) is 113 cm³/mol. The minimum Gasteiger partial charge on any atom is -0.351 e. The Bertz CT molecular complexity index is 828. The van der Waals surface area contributed by atoms with Gasteiger partial charge in [0.1, 0.15) is 0 Å². The van der Waals surface area contributed by atoms with Gasteiger partial charge < -0.3 is 16.0 Å². The first-order valence-corrected chi connectivity index (χ1v) is 9.98. The highest BCUT2D eigenvalue weighted by atomic mass is 35.5. The van der Waals surface area contributed by atoms with E-state index in [1.807, 2.05) is 62.4 Å². The lowest BCUT2D eigenvalue weighted by molar-refractivity contribution is -0.130.